The number of nitrogens with one attached hydrogen (secondary N) is 1. The lowest BCUT2D eigenvalue weighted by Crippen LogP contribution is -2.32. The van der Waals surface area contributed by atoms with Crippen LogP contribution in [0.3, 0.4) is 0 Å². The molecule has 2 rings (SSSR count). The van der Waals surface area contributed by atoms with Crippen molar-refractivity contribution in [2.75, 3.05) is 26.2 Å². The van der Waals surface area contributed by atoms with Crippen LogP contribution in [0.5, 0.6) is 0 Å². The summed E-state index contributed by atoms with van der Waals surface area (Å²) in [4.78, 5) is 37.1. The van der Waals surface area contributed by atoms with Crippen molar-refractivity contribution in [1.29, 1.82) is 0 Å². The zero-order valence-corrected chi connectivity index (χ0v) is 12.5. The van der Waals surface area contributed by atoms with Gasteiger partial charge in [-0.2, -0.15) is 0 Å². The number of hydrogen-bond donors (Lipinski definition) is 1. The molecule has 0 unspecified atom stereocenters. The van der Waals surface area contributed by atoms with Gasteiger partial charge in [0.05, 0.1) is 11.3 Å². The lowest BCUT2D eigenvalue weighted by Gasteiger charge is -2.14. The molecule has 1 fully saturated rings. The number of amides is 2. The fourth-order valence-electron chi connectivity index (χ4n) is 2.05. The Morgan fingerprint density at radius 1 is 1.29 bits per heavy atom. The van der Waals surface area contributed by atoms with E-state index in [2.05, 4.69) is 5.32 Å². The fraction of sp³-hybridized carbons (Fsp3) is 0.500. The third kappa shape index (κ3) is 4.86. The molecule has 0 bridgehead atoms. The molecule has 0 saturated carbocycles. The second-order valence-corrected chi connectivity index (χ2v) is 5.68. The molecule has 1 aliphatic heterocycles. The molecule has 114 valence electrons. The number of likely N-dealkylation sites (tertiary alicyclic amines) is 1. The maximum atomic E-state index is 11.7. The summed E-state index contributed by atoms with van der Waals surface area (Å²) in [5, 5.41) is 4.45. The van der Waals surface area contributed by atoms with E-state index in [0.717, 1.165) is 25.9 Å². The normalized spacial score (nSPS) is 14.0. The highest BCUT2D eigenvalue weighted by Gasteiger charge is 2.19. The number of carbonyl (C=O) groups is 3. The van der Waals surface area contributed by atoms with E-state index < -0.39 is 5.97 Å². The minimum absolute atomic E-state index is 0.0599. The van der Waals surface area contributed by atoms with E-state index in [1.807, 2.05) is 5.38 Å². The number of hydrogen-bond acceptors (Lipinski definition) is 5. The highest BCUT2D eigenvalue weighted by atomic mass is 32.1. The topological polar surface area (TPSA) is 75.7 Å². The van der Waals surface area contributed by atoms with E-state index in [9.17, 15) is 14.4 Å². The molecule has 0 aliphatic carbocycles. The molecule has 1 saturated heterocycles. The van der Waals surface area contributed by atoms with Gasteiger partial charge in [0.1, 0.15) is 0 Å². The number of carbonyl (C=O) groups excluding carboxylic acids is 3. The van der Waals surface area contributed by atoms with E-state index in [1.54, 1.807) is 17.0 Å². The average Bonchev–Trinajstić information content (AvgIpc) is 3.16. The Hall–Kier alpha value is -1.89. The lowest BCUT2D eigenvalue weighted by molar-refractivity contribution is -0.151. The molecule has 1 aromatic rings. The first-order chi connectivity index (χ1) is 10.2. The van der Waals surface area contributed by atoms with E-state index in [-0.39, 0.29) is 31.4 Å². The Labute approximate surface area is 127 Å². The number of esters is 1. The van der Waals surface area contributed by atoms with Crippen LogP contribution < -0.4 is 5.32 Å². The maximum Gasteiger partial charge on any atom is 0.308 e. The average molecular weight is 310 g/mol. The summed E-state index contributed by atoms with van der Waals surface area (Å²) < 4.78 is 4.91. The Balaban J connectivity index is 1.59. The van der Waals surface area contributed by atoms with E-state index in [4.69, 9.17) is 4.74 Å². The predicted octanol–water partition coefficient (Wildman–Crippen LogP) is 1.03. The zero-order valence-electron chi connectivity index (χ0n) is 11.7. The lowest BCUT2D eigenvalue weighted by atomic mass is 10.4. The highest BCUT2D eigenvalue weighted by molar-refractivity contribution is 7.12. The standard InChI is InChI=1S/C14H18N2O4S/c17-12(16-7-1-2-8-16)10-20-13(18)5-6-15-14(19)11-4-3-9-21-11/h3-4,9H,1-2,5-8,10H2,(H,15,19). The Morgan fingerprint density at radius 3 is 2.71 bits per heavy atom. The number of nitrogens with zero attached hydrogens (tertiary/aromatic N) is 1. The van der Waals surface area contributed by atoms with Gasteiger partial charge in [0.2, 0.25) is 0 Å². The molecule has 1 aliphatic rings. The first kappa shape index (κ1) is 15.5. The number of rotatable bonds is 6. The number of thiophene rings is 1. The second kappa shape index (κ2) is 7.78. The highest BCUT2D eigenvalue weighted by Crippen LogP contribution is 2.08. The van der Waals surface area contributed by atoms with Gasteiger partial charge in [-0.1, -0.05) is 6.07 Å². The molecule has 21 heavy (non-hydrogen) atoms. The molecule has 6 nitrogen and oxygen atoms in total. The van der Waals surface area contributed by atoms with Crippen molar-refractivity contribution >= 4 is 29.1 Å². The van der Waals surface area contributed by atoms with Gasteiger partial charge in [0.15, 0.2) is 6.61 Å². The van der Waals surface area contributed by atoms with Gasteiger partial charge < -0.3 is 15.0 Å². The first-order valence-corrected chi connectivity index (χ1v) is 7.80. The van der Waals surface area contributed by atoms with Crippen molar-refractivity contribution < 1.29 is 19.1 Å². The molecule has 2 heterocycles. The fourth-order valence-corrected chi connectivity index (χ4v) is 2.69. The van der Waals surface area contributed by atoms with Crippen molar-refractivity contribution in [3.63, 3.8) is 0 Å². The van der Waals surface area contributed by atoms with Gasteiger partial charge in [-0.3, -0.25) is 14.4 Å². The van der Waals surface area contributed by atoms with Crippen LogP contribution in [-0.4, -0.2) is 48.9 Å². The van der Waals surface area contributed by atoms with E-state index in [1.165, 1.54) is 11.3 Å². The van der Waals surface area contributed by atoms with Gasteiger partial charge in [-0.25, -0.2) is 0 Å². The Bertz CT molecular complexity index is 495. The molecule has 0 radical (unpaired) electrons. The Kier molecular flexibility index (Phi) is 5.74. The molecule has 1 aromatic heterocycles. The smallest absolute Gasteiger partial charge is 0.308 e. The van der Waals surface area contributed by atoms with Gasteiger partial charge >= 0.3 is 5.97 Å². The summed E-state index contributed by atoms with van der Waals surface area (Å²) in [6, 6.07) is 3.50. The number of ether oxygens (including phenoxy) is 1. The van der Waals surface area contributed by atoms with Crippen LogP contribution in [0.15, 0.2) is 17.5 Å². The van der Waals surface area contributed by atoms with Gasteiger partial charge in [0, 0.05) is 19.6 Å². The molecular formula is C14H18N2O4S. The third-order valence-corrected chi connectivity index (χ3v) is 4.04. The summed E-state index contributed by atoms with van der Waals surface area (Å²) in [5.74, 6) is -0.830. The van der Waals surface area contributed by atoms with Gasteiger partial charge in [0.25, 0.3) is 11.8 Å². The monoisotopic (exact) mass is 310 g/mol. The van der Waals surface area contributed by atoms with Gasteiger partial charge in [-0.15, -0.1) is 11.3 Å². The van der Waals surface area contributed by atoms with Crippen molar-refractivity contribution in [1.82, 2.24) is 10.2 Å². The van der Waals surface area contributed by atoms with Crippen molar-refractivity contribution in [3.8, 4) is 0 Å². The SMILES string of the molecule is O=C(CCNC(=O)c1cccs1)OCC(=O)N1CCCC1. The van der Waals surface area contributed by atoms with Crippen LogP contribution in [0.25, 0.3) is 0 Å². The first-order valence-electron chi connectivity index (χ1n) is 6.92. The van der Waals surface area contributed by atoms with Crippen LogP contribution >= 0.6 is 11.3 Å². The van der Waals surface area contributed by atoms with Crippen molar-refractivity contribution in [3.05, 3.63) is 22.4 Å². The van der Waals surface area contributed by atoms with E-state index >= 15 is 0 Å². The van der Waals surface area contributed by atoms with E-state index in [0.29, 0.717) is 4.88 Å². The summed E-state index contributed by atoms with van der Waals surface area (Å²) in [5.41, 5.74) is 0. The largest absolute Gasteiger partial charge is 0.456 e. The summed E-state index contributed by atoms with van der Waals surface area (Å²) in [6.45, 7) is 1.48. The quantitative estimate of drug-likeness (QED) is 0.796. The van der Waals surface area contributed by atoms with Crippen LogP contribution in [0, 0.1) is 0 Å². The van der Waals surface area contributed by atoms with Crippen LogP contribution in [0.1, 0.15) is 28.9 Å². The predicted molar refractivity (Wildman–Crippen MR) is 78.0 cm³/mol. The molecule has 1 N–H and O–H groups in total. The molecule has 7 heteroatoms. The minimum Gasteiger partial charge on any atom is -0.456 e. The molecular weight excluding hydrogens is 292 g/mol. The van der Waals surface area contributed by atoms with Crippen molar-refractivity contribution in [2.45, 2.75) is 19.3 Å². The van der Waals surface area contributed by atoms with Crippen LogP contribution in [0.2, 0.25) is 0 Å². The Morgan fingerprint density at radius 2 is 2.05 bits per heavy atom. The molecule has 2 amide bonds. The molecule has 0 spiro atoms. The summed E-state index contributed by atoms with van der Waals surface area (Å²) in [6.07, 6.45) is 2.08. The second-order valence-electron chi connectivity index (χ2n) is 4.73. The molecule has 0 aromatic carbocycles. The zero-order chi connectivity index (χ0) is 15.1. The van der Waals surface area contributed by atoms with Crippen LogP contribution in [-0.2, 0) is 14.3 Å². The summed E-state index contributed by atoms with van der Waals surface area (Å²) in [7, 11) is 0. The maximum absolute atomic E-state index is 11.7. The third-order valence-electron chi connectivity index (χ3n) is 3.18. The van der Waals surface area contributed by atoms with Gasteiger partial charge in [-0.05, 0) is 24.3 Å². The minimum atomic E-state index is -0.478. The molecule has 0 atom stereocenters. The van der Waals surface area contributed by atoms with Crippen molar-refractivity contribution in [2.24, 2.45) is 0 Å². The summed E-state index contributed by atoms with van der Waals surface area (Å²) >= 11 is 1.34. The van der Waals surface area contributed by atoms with Crippen LogP contribution in [0.4, 0.5) is 0 Å².